The predicted molar refractivity (Wildman–Crippen MR) is 87.8 cm³/mol. The van der Waals surface area contributed by atoms with Crippen molar-refractivity contribution in [3.8, 4) is 0 Å². The summed E-state index contributed by atoms with van der Waals surface area (Å²) < 4.78 is 5.28. The van der Waals surface area contributed by atoms with Crippen LogP contribution in [0.4, 0.5) is 0 Å². The van der Waals surface area contributed by atoms with E-state index in [2.05, 4.69) is 69.3 Å². The minimum Gasteiger partial charge on any atom is -0.373 e. The molecule has 0 N–H and O–H groups in total. The second kappa shape index (κ2) is 5.65. The Kier molecular flexibility index (Phi) is 3.86. The van der Waals surface area contributed by atoms with E-state index in [-0.39, 0.29) is 5.41 Å². The summed E-state index contributed by atoms with van der Waals surface area (Å²) in [5.41, 5.74) is 5.51. The van der Waals surface area contributed by atoms with Crippen molar-refractivity contribution in [3.63, 3.8) is 0 Å². The van der Waals surface area contributed by atoms with E-state index in [4.69, 9.17) is 4.74 Å². The average Bonchev–Trinajstić information content (AvgIpc) is 3.30. The molecule has 0 aliphatic carbocycles. The largest absolute Gasteiger partial charge is 0.373 e. The van der Waals surface area contributed by atoms with Crippen LogP contribution >= 0.6 is 0 Å². The first-order valence-corrected chi connectivity index (χ1v) is 7.84. The van der Waals surface area contributed by atoms with Crippen molar-refractivity contribution in [2.45, 2.75) is 45.1 Å². The van der Waals surface area contributed by atoms with Crippen molar-refractivity contribution in [3.05, 3.63) is 70.8 Å². The predicted octanol–water partition coefficient (Wildman–Crippen LogP) is 4.65. The summed E-state index contributed by atoms with van der Waals surface area (Å²) in [5.74, 6) is 0. The van der Waals surface area contributed by atoms with Crippen LogP contribution < -0.4 is 0 Å². The lowest BCUT2D eigenvalue weighted by Crippen LogP contribution is -2.18. The maximum Gasteiger partial charge on any atom is 0.0813 e. The maximum absolute atomic E-state index is 5.28. The van der Waals surface area contributed by atoms with E-state index in [1.165, 1.54) is 22.3 Å². The van der Waals surface area contributed by atoms with Crippen LogP contribution in [-0.2, 0) is 16.6 Å². The Morgan fingerprint density at radius 1 is 0.952 bits per heavy atom. The third kappa shape index (κ3) is 3.36. The molecular weight excluding hydrogens is 256 g/mol. The Bertz CT molecular complexity index is 589. The van der Waals surface area contributed by atoms with Gasteiger partial charge in [0.1, 0.15) is 0 Å². The second-order valence-electron chi connectivity index (χ2n) is 6.68. The highest BCUT2D eigenvalue weighted by atomic mass is 16.6. The summed E-state index contributed by atoms with van der Waals surface area (Å²) in [6, 6.07) is 18.0. The number of epoxide rings is 1. The van der Waals surface area contributed by atoms with Gasteiger partial charge >= 0.3 is 0 Å². The Balaban J connectivity index is 1.76. The summed E-state index contributed by atoms with van der Waals surface area (Å²) in [4.78, 5) is 0. The van der Waals surface area contributed by atoms with Crippen LogP contribution in [0.15, 0.2) is 48.5 Å². The van der Waals surface area contributed by atoms with E-state index in [1.54, 1.807) is 0 Å². The molecular formula is C20H24O. The van der Waals surface area contributed by atoms with Gasteiger partial charge in [-0.1, -0.05) is 67.9 Å². The minimum absolute atomic E-state index is 0.0475. The molecule has 0 radical (unpaired) electrons. The monoisotopic (exact) mass is 280 g/mol. The van der Waals surface area contributed by atoms with E-state index in [9.17, 15) is 0 Å². The summed E-state index contributed by atoms with van der Waals surface area (Å²) >= 11 is 0. The Labute approximate surface area is 128 Å². The number of ether oxygens (including phenoxy) is 1. The molecule has 0 aromatic heterocycles. The second-order valence-corrected chi connectivity index (χ2v) is 6.68. The fourth-order valence-corrected chi connectivity index (χ4v) is 2.79. The van der Waals surface area contributed by atoms with Crippen molar-refractivity contribution >= 4 is 0 Å². The van der Waals surface area contributed by atoms with Gasteiger partial charge in [-0.25, -0.2) is 0 Å². The van der Waals surface area contributed by atoms with Crippen LogP contribution in [0, 0.1) is 6.92 Å². The molecule has 0 amide bonds. The fourth-order valence-electron chi connectivity index (χ4n) is 2.79. The molecule has 1 aliphatic heterocycles. The third-order valence-electron chi connectivity index (χ3n) is 4.61. The third-order valence-corrected chi connectivity index (χ3v) is 4.61. The van der Waals surface area contributed by atoms with E-state index in [0.29, 0.717) is 6.10 Å². The van der Waals surface area contributed by atoms with Crippen LogP contribution in [0.3, 0.4) is 0 Å². The molecule has 1 heterocycles. The van der Waals surface area contributed by atoms with E-state index in [0.717, 1.165) is 19.4 Å². The molecule has 1 fully saturated rings. The average molecular weight is 280 g/mol. The standard InChI is InChI=1S/C20H24O/c1-15-4-9-17(10-5-15)20(2,3)18-11-6-16(7-12-18)8-13-19-14-21-19/h4-7,9-12,19H,8,13-14H2,1-3H3. The van der Waals surface area contributed by atoms with Crippen LogP contribution in [0.1, 0.15) is 42.5 Å². The van der Waals surface area contributed by atoms with Gasteiger partial charge in [-0.05, 0) is 36.5 Å². The highest BCUT2D eigenvalue weighted by Gasteiger charge is 2.23. The summed E-state index contributed by atoms with van der Waals surface area (Å²) in [6.45, 7) is 7.68. The molecule has 2 aromatic carbocycles. The molecule has 1 aliphatic rings. The van der Waals surface area contributed by atoms with Crippen LogP contribution in [0.2, 0.25) is 0 Å². The van der Waals surface area contributed by atoms with Gasteiger partial charge in [0, 0.05) is 5.41 Å². The van der Waals surface area contributed by atoms with E-state index < -0.39 is 0 Å². The number of hydrogen-bond donors (Lipinski definition) is 0. The zero-order chi connectivity index (χ0) is 14.9. The SMILES string of the molecule is Cc1ccc(C(C)(C)c2ccc(CCC3CO3)cc2)cc1. The van der Waals surface area contributed by atoms with Gasteiger partial charge < -0.3 is 4.74 Å². The smallest absolute Gasteiger partial charge is 0.0813 e. The summed E-state index contributed by atoms with van der Waals surface area (Å²) in [5, 5.41) is 0. The Hall–Kier alpha value is -1.60. The van der Waals surface area contributed by atoms with E-state index in [1.807, 2.05) is 0 Å². The molecule has 1 atom stereocenters. The van der Waals surface area contributed by atoms with Crippen molar-refractivity contribution in [2.75, 3.05) is 6.61 Å². The Morgan fingerprint density at radius 2 is 1.48 bits per heavy atom. The minimum atomic E-state index is 0.0475. The van der Waals surface area contributed by atoms with Crippen LogP contribution in [0.25, 0.3) is 0 Å². The number of hydrogen-bond acceptors (Lipinski definition) is 1. The lowest BCUT2D eigenvalue weighted by atomic mass is 9.77. The molecule has 1 saturated heterocycles. The molecule has 2 aromatic rings. The van der Waals surface area contributed by atoms with Crippen molar-refractivity contribution < 1.29 is 4.74 Å². The molecule has 1 nitrogen and oxygen atoms in total. The van der Waals surface area contributed by atoms with Crippen LogP contribution in [-0.4, -0.2) is 12.7 Å². The summed E-state index contributed by atoms with van der Waals surface area (Å²) in [6.07, 6.45) is 2.80. The van der Waals surface area contributed by atoms with Gasteiger partial charge in [0.2, 0.25) is 0 Å². The van der Waals surface area contributed by atoms with Gasteiger partial charge in [0.25, 0.3) is 0 Å². The lowest BCUT2D eigenvalue weighted by molar-refractivity contribution is 0.397. The molecule has 110 valence electrons. The number of rotatable bonds is 5. The quantitative estimate of drug-likeness (QED) is 0.726. The number of aryl methyl sites for hydroxylation is 2. The van der Waals surface area contributed by atoms with Gasteiger partial charge in [0.15, 0.2) is 0 Å². The first-order chi connectivity index (χ1) is 10.1. The van der Waals surface area contributed by atoms with Crippen LogP contribution in [0.5, 0.6) is 0 Å². The van der Waals surface area contributed by atoms with Crippen molar-refractivity contribution in [2.24, 2.45) is 0 Å². The zero-order valence-corrected chi connectivity index (χ0v) is 13.2. The first-order valence-electron chi connectivity index (χ1n) is 7.84. The highest BCUT2D eigenvalue weighted by molar-refractivity contribution is 5.39. The first kappa shape index (κ1) is 14.3. The molecule has 0 bridgehead atoms. The van der Waals surface area contributed by atoms with Crippen molar-refractivity contribution in [1.29, 1.82) is 0 Å². The van der Waals surface area contributed by atoms with Gasteiger partial charge in [-0.2, -0.15) is 0 Å². The molecule has 1 heteroatoms. The topological polar surface area (TPSA) is 12.5 Å². The molecule has 3 rings (SSSR count). The van der Waals surface area contributed by atoms with Gasteiger partial charge in [-0.3, -0.25) is 0 Å². The summed E-state index contributed by atoms with van der Waals surface area (Å²) in [7, 11) is 0. The normalized spacial score (nSPS) is 17.8. The highest BCUT2D eigenvalue weighted by Crippen LogP contribution is 2.32. The zero-order valence-electron chi connectivity index (χ0n) is 13.2. The Morgan fingerprint density at radius 3 is 2.00 bits per heavy atom. The lowest BCUT2D eigenvalue weighted by Gasteiger charge is -2.26. The maximum atomic E-state index is 5.28. The molecule has 0 spiro atoms. The van der Waals surface area contributed by atoms with Crippen molar-refractivity contribution in [1.82, 2.24) is 0 Å². The van der Waals surface area contributed by atoms with Gasteiger partial charge in [-0.15, -0.1) is 0 Å². The van der Waals surface area contributed by atoms with E-state index >= 15 is 0 Å². The molecule has 0 saturated carbocycles. The molecule has 1 unspecified atom stereocenters. The fraction of sp³-hybridized carbons (Fsp3) is 0.400. The van der Waals surface area contributed by atoms with Gasteiger partial charge in [0.05, 0.1) is 12.7 Å². The number of benzene rings is 2. The molecule has 21 heavy (non-hydrogen) atoms.